The predicted molar refractivity (Wildman–Crippen MR) is 204 cm³/mol. The van der Waals surface area contributed by atoms with Crippen LogP contribution in [0.25, 0.3) is 10.4 Å². The summed E-state index contributed by atoms with van der Waals surface area (Å²) in [6.45, 7) is 16.8. The van der Waals surface area contributed by atoms with Crippen molar-refractivity contribution in [1.82, 2.24) is 25.8 Å². The van der Waals surface area contributed by atoms with Gasteiger partial charge in [0.05, 0.1) is 74.5 Å². The average Bonchev–Trinajstić information content (AvgIpc) is 3.71. The number of rotatable bonds is 20. The van der Waals surface area contributed by atoms with Crippen LogP contribution in [0, 0.1) is 12.3 Å². The minimum atomic E-state index is -0.965. The molecule has 1 aliphatic heterocycles. The molecule has 0 spiro atoms. The van der Waals surface area contributed by atoms with Gasteiger partial charge in [-0.25, -0.2) is 9.78 Å². The Bertz CT molecular complexity index is 1490. The van der Waals surface area contributed by atoms with Crippen LogP contribution in [0.5, 0.6) is 0 Å². The van der Waals surface area contributed by atoms with Gasteiger partial charge in [-0.2, -0.15) is 0 Å². The molecule has 0 aliphatic carbocycles. The van der Waals surface area contributed by atoms with E-state index in [0.29, 0.717) is 39.6 Å². The molecule has 15 nitrogen and oxygen atoms in total. The number of thiazole rings is 1. The number of β-amino-alcohol motifs (C(OH)–C–C–N with tert-alkyl or cyclic N) is 1. The Morgan fingerprint density at radius 2 is 1.50 bits per heavy atom. The Hall–Kier alpha value is -3.67. The Kier molecular flexibility index (Phi) is 17.7. The summed E-state index contributed by atoms with van der Waals surface area (Å²) >= 11 is 1.57. The fourth-order valence-electron chi connectivity index (χ4n) is 5.58. The van der Waals surface area contributed by atoms with Crippen molar-refractivity contribution in [2.45, 2.75) is 91.6 Å². The second-order valence-corrected chi connectivity index (χ2v) is 16.1. The molecule has 302 valence electrons. The number of aromatic nitrogens is 1. The standard InChI is InChI=1S/C38H59N5O10S/c1-25(27-9-11-28(12-10-27)32-26(2)40-24-54-32)41-34(46)30-21-29(44)22-43(30)35(47)33(37(3,4)5)42-31(45)23-52-20-19-51-18-17-50-16-15-49-14-13-39-36(48)53-38(6,7)8/h9-12,24-25,29-30,33,44H,13-23H2,1-8H3,(H,39,48)(H,41,46)(H,42,45). The van der Waals surface area contributed by atoms with E-state index in [9.17, 15) is 24.3 Å². The molecule has 4 atom stereocenters. The maximum atomic E-state index is 13.9. The number of carbonyl (C=O) groups is 4. The van der Waals surface area contributed by atoms with Gasteiger partial charge in [-0.3, -0.25) is 14.4 Å². The van der Waals surface area contributed by atoms with E-state index < -0.39 is 47.1 Å². The molecule has 1 aromatic carbocycles. The summed E-state index contributed by atoms with van der Waals surface area (Å²) in [5.74, 6) is -1.31. The molecule has 0 radical (unpaired) electrons. The summed E-state index contributed by atoms with van der Waals surface area (Å²) in [7, 11) is 0. The number of carbonyl (C=O) groups excluding carboxylic acids is 4. The third kappa shape index (κ3) is 15.2. The Labute approximate surface area is 322 Å². The molecule has 1 aliphatic rings. The first kappa shape index (κ1) is 44.7. The summed E-state index contributed by atoms with van der Waals surface area (Å²) < 4.78 is 27.0. The van der Waals surface area contributed by atoms with Crippen LogP contribution in [0.1, 0.15) is 72.2 Å². The lowest BCUT2D eigenvalue weighted by Gasteiger charge is -2.35. The highest BCUT2D eigenvalue weighted by molar-refractivity contribution is 7.13. The molecule has 0 saturated carbocycles. The van der Waals surface area contributed by atoms with E-state index >= 15 is 0 Å². The number of aryl methyl sites for hydroxylation is 1. The van der Waals surface area contributed by atoms with Crippen LogP contribution in [0.15, 0.2) is 29.8 Å². The van der Waals surface area contributed by atoms with Gasteiger partial charge in [0.25, 0.3) is 0 Å². The van der Waals surface area contributed by atoms with Gasteiger partial charge in [0.2, 0.25) is 17.7 Å². The summed E-state index contributed by atoms with van der Waals surface area (Å²) in [5, 5.41) is 18.9. The van der Waals surface area contributed by atoms with Crippen molar-refractivity contribution in [3.05, 3.63) is 41.0 Å². The molecule has 2 heterocycles. The first-order valence-electron chi connectivity index (χ1n) is 18.3. The van der Waals surface area contributed by atoms with Crippen molar-refractivity contribution in [2.24, 2.45) is 5.41 Å². The third-order valence-corrected chi connectivity index (χ3v) is 9.30. The van der Waals surface area contributed by atoms with E-state index in [2.05, 4.69) is 20.9 Å². The Balaban J connectivity index is 1.35. The highest BCUT2D eigenvalue weighted by Crippen LogP contribution is 2.29. The van der Waals surface area contributed by atoms with Crippen LogP contribution in [0.2, 0.25) is 0 Å². The first-order valence-corrected chi connectivity index (χ1v) is 19.2. The number of nitrogens with zero attached hydrogens (tertiary/aromatic N) is 2. The van der Waals surface area contributed by atoms with Crippen LogP contribution < -0.4 is 16.0 Å². The van der Waals surface area contributed by atoms with Gasteiger partial charge < -0.3 is 49.6 Å². The fourth-order valence-corrected chi connectivity index (χ4v) is 6.39. The number of aliphatic hydroxyl groups is 1. The number of hydrogen-bond donors (Lipinski definition) is 4. The van der Waals surface area contributed by atoms with Crippen molar-refractivity contribution in [3.8, 4) is 10.4 Å². The molecule has 0 bridgehead atoms. The van der Waals surface area contributed by atoms with E-state index in [0.717, 1.165) is 21.7 Å². The van der Waals surface area contributed by atoms with E-state index in [4.69, 9.17) is 23.7 Å². The number of benzene rings is 1. The number of likely N-dealkylation sites (tertiary alicyclic amines) is 1. The van der Waals surface area contributed by atoms with Gasteiger partial charge >= 0.3 is 6.09 Å². The largest absolute Gasteiger partial charge is 0.444 e. The zero-order valence-electron chi connectivity index (χ0n) is 32.9. The summed E-state index contributed by atoms with van der Waals surface area (Å²) in [5.41, 5.74) is 3.47. The normalized spacial score (nSPS) is 17.2. The van der Waals surface area contributed by atoms with Crippen molar-refractivity contribution >= 4 is 35.2 Å². The molecule has 2 aromatic rings. The molecule has 4 amide bonds. The van der Waals surface area contributed by atoms with Crippen molar-refractivity contribution < 1.29 is 48.0 Å². The van der Waals surface area contributed by atoms with Gasteiger partial charge in [-0.15, -0.1) is 11.3 Å². The second-order valence-electron chi connectivity index (χ2n) is 15.2. The minimum Gasteiger partial charge on any atom is -0.444 e. The molecular formula is C38H59N5O10S. The number of nitrogens with one attached hydrogen (secondary N) is 3. The Morgan fingerprint density at radius 1 is 0.907 bits per heavy atom. The number of aliphatic hydroxyl groups excluding tert-OH is 1. The SMILES string of the molecule is Cc1ncsc1-c1ccc(C(C)NC(=O)C2CC(O)CN2C(=O)C(NC(=O)COCCOCCOCCOCCNC(=O)OC(C)(C)C)C(C)(C)C)cc1. The molecule has 1 aromatic heterocycles. The molecule has 1 fully saturated rings. The second kappa shape index (κ2) is 21.4. The van der Waals surface area contributed by atoms with E-state index in [-0.39, 0.29) is 44.7 Å². The molecular weight excluding hydrogens is 719 g/mol. The average molecular weight is 778 g/mol. The molecule has 4 unspecified atom stereocenters. The number of alkyl carbamates (subject to hydrolysis) is 1. The van der Waals surface area contributed by atoms with Crippen LogP contribution in [0.4, 0.5) is 4.79 Å². The van der Waals surface area contributed by atoms with E-state index in [1.54, 1.807) is 32.1 Å². The molecule has 54 heavy (non-hydrogen) atoms. The molecule has 3 rings (SSSR count). The topological polar surface area (TPSA) is 187 Å². The van der Waals surface area contributed by atoms with E-state index in [1.165, 1.54) is 4.90 Å². The quantitative estimate of drug-likeness (QED) is 0.145. The zero-order valence-corrected chi connectivity index (χ0v) is 33.7. The van der Waals surface area contributed by atoms with Gasteiger partial charge in [-0.05, 0) is 51.2 Å². The summed E-state index contributed by atoms with van der Waals surface area (Å²) in [6, 6.07) is 5.70. The maximum Gasteiger partial charge on any atom is 0.407 e. The lowest BCUT2D eigenvalue weighted by molar-refractivity contribution is -0.144. The molecule has 4 N–H and O–H groups in total. The lowest BCUT2D eigenvalue weighted by atomic mass is 9.85. The smallest absolute Gasteiger partial charge is 0.407 e. The zero-order chi connectivity index (χ0) is 39.9. The minimum absolute atomic E-state index is 0.0193. The number of hydrogen-bond acceptors (Lipinski definition) is 12. The lowest BCUT2D eigenvalue weighted by Crippen LogP contribution is -2.58. The monoisotopic (exact) mass is 777 g/mol. The van der Waals surface area contributed by atoms with E-state index in [1.807, 2.05) is 64.4 Å². The van der Waals surface area contributed by atoms with Gasteiger partial charge in [0, 0.05) is 19.5 Å². The van der Waals surface area contributed by atoms with Crippen LogP contribution in [0.3, 0.4) is 0 Å². The molecule has 16 heteroatoms. The van der Waals surface area contributed by atoms with Crippen molar-refractivity contribution in [3.63, 3.8) is 0 Å². The van der Waals surface area contributed by atoms with Crippen LogP contribution in [-0.2, 0) is 38.1 Å². The van der Waals surface area contributed by atoms with Crippen molar-refractivity contribution in [1.29, 1.82) is 0 Å². The van der Waals surface area contributed by atoms with Crippen LogP contribution >= 0.6 is 11.3 Å². The summed E-state index contributed by atoms with van der Waals surface area (Å²) in [4.78, 5) is 58.6. The Morgan fingerprint density at radius 3 is 2.06 bits per heavy atom. The van der Waals surface area contributed by atoms with Gasteiger partial charge in [-0.1, -0.05) is 45.0 Å². The number of ether oxygens (including phenoxy) is 5. The highest BCUT2D eigenvalue weighted by Gasteiger charge is 2.44. The van der Waals surface area contributed by atoms with Crippen LogP contribution in [-0.4, -0.2) is 129 Å². The maximum absolute atomic E-state index is 13.9. The van der Waals surface area contributed by atoms with Gasteiger partial charge in [0.15, 0.2) is 0 Å². The summed E-state index contributed by atoms with van der Waals surface area (Å²) in [6.07, 6.45) is -1.27. The number of amides is 4. The van der Waals surface area contributed by atoms with Crippen molar-refractivity contribution in [2.75, 3.05) is 65.9 Å². The van der Waals surface area contributed by atoms with Gasteiger partial charge in [0.1, 0.15) is 24.3 Å². The fraction of sp³-hybridized carbons (Fsp3) is 0.658. The third-order valence-electron chi connectivity index (χ3n) is 8.32. The predicted octanol–water partition coefficient (Wildman–Crippen LogP) is 3.38. The first-order chi connectivity index (χ1) is 25.5. The highest BCUT2D eigenvalue weighted by atomic mass is 32.1. The molecule has 1 saturated heterocycles.